The molecule has 1 amide bonds. The molecule has 0 bridgehead atoms. The molecular formula is C19H25N3O4S. The number of piperidine rings is 1. The Labute approximate surface area is 163 Å². The van der Waals surface area contributed by atoms with Crippen LogP contribution < -0.4 is 9.47 Å². The van der Waals surface area contributed by atoms with Crippen molar-refractivity contribution < 1.29 is 18.7 Å². The molecular weight excluding hydrogens is 366 g/mol. The van der Waals surface area contributed by atoms with Crippen LogP contribution in [-0.2, 0) is 4.79 Å². The minimum atomic E-state index is 0.133. The van der Waals surface area contributed by atoms with Crippen LogP contribution in [0.5, 0.6) is 11.5 Å². The molecule has 27 heavy (non-hydrogen) atoms. The number of carbonyl (C=O) groups excluding carboxylic acids is 1. The summed E-state index contributed by atoms with van der Waals surface area (Å²) in [6.07, 6.45) is 4.37. The molecule has 0 saturated carbocycles. The van der Waals surface area contributed by atoms with Crippen LogP contribution in [0.2, 0.25) is 0 Å². The van der Waals surface area contributed by atoms with Gasteiger partial charge in [-0.1, -0.05) is 18.7 Å². The summed E-state index contributed by atoms with van der Waals surface area (Å²) < 4.78 is 16.3. The van der Waals surface area contributed by atoms with Gasteiger partial charge in [-0.25, -0.2) is 0 Å². The fourth-order valence-corrected chi connectivity index (χ4v) is 3.96. The van der Waals surface area contributed by atoms with Gasteiger partial charge in [0.05, 0.1) is 25.5 Å². The van der Waals surface area contributed by atoms with Crippen LogP contribution in [0.1, 0.15) is 32.6 Å². The lowest BCUT2D eigenvalue weighted by molar-refractivity contribution is -0.132. The first-order chi connectivity index (χ1) is 13.2. The molecule has 0 N–H and O–H groups in total. The maximum absolute atomic E-state index is 12.6. The minimum absolute atomic E-state index is 0.133. The van der Waals surface area contributed by atoms with Gasteiger partial charge in [-0.15, -0.1) is 10.2 Å². The van der Waals surface area contributed by atoms with Crippen molar-refractivity contribution in [2.45, 2.75) is 43.9 Å². The molecule has 146 valence electrons. The predicted octanol–water partition coefficient (Wildman–Crippen LogP) is 3.64. The maximum atomic E-state index is 12.6. The van der Waals surface area contributed by atoms with Gasteiger partial charge >= 0.3 is 0 Å². The zero-order valence-corrected chi connectivity index (χ0v) is 16.8. The van der Waals surface area contributed by atoms with Crippen LogP contribution in [-0.4, -0.2) is 53.6 Å². The Morgan fingerprint density at radius 2 is 2.15 bits per heavy atom. The SMILES string of the molecule is CCC1CCCCN1C(=O)CSc1nnc(-c2ccc(OC)cc2OC)o1. The molecule has 1 atom stereocenters. The molecule has 1 aliphatic heterocycles. The molecule has 1 unspecified atom stereocenters. The zero-order chi connectivity index (χ0) is 19.2. The van der Waals surface area contributed by atoms with E-state index in [0.29, 0.717) is 40.0 Å². The molecule has 1 saturated heterocycles. The Balaban J connectivity index is 1.65. The monoisotopic (exact) mass is 391 g/mol. The number of ether oxygens (including phenoxy) is 2. The second kappa shape index (κ2) is 9.12. The van der Waals surface area contributed by atoms with Gasteiger partial charge in [-0.05, 0) is 37.8 Å². The van der Waals surface area contributed by atoms with Crippen molar-refractivity contribution in [2.24, 2.45) is 0 Å². The van der Waals surface area contributed by atoms with E-state index in [9.17, 15) is 4.79 Å². The Morgan fingerprint density at radius 1 is 1.30 bits per heavy atom. The number of hydrogen-bond acceptors (Lipinski definition) is 7. The lowest BCUT2D eigenvalue weighted by Crippen LogP contribution is -2.44. The topological polar surface area (TPSA) is 77.7 Å². The molecule has 0 radical (unpaired) electrons. The van der Waals surface area contributed by atoms with E-state index in [0.717, 1.165) is 25.8 Å². The summed E-state index contributed by atoms with van der Waals surface area (Å²) in [5.41, 5.74) is 0.686. The van der Waals surface area contributed by atoms with Gasteiger partial charge < -0.3 is 18.8 Å². The van der Waals surface area contributed by atoms with E-state index in [2.05, 4.69) is 17.1 Å². The molecule has 1 aliphatic rings. The number of likely N-dealkylation sites (tertiary alicyclic amines) is 1. The number of nitrogens with zero attached hydrogens (tertiary/aromatic N) is 3. The highest BCUT2D eigenvalue weighted by Crippen LogP contribution is 2.33. The van der Waals surface area contributed by atoms with Crippen molar-refractivity contribution >= 4 is 17.7 Å². The Kier molecular flexibility index (Phi) is 6.60. The van der Waals surface area contributed by atoms with E-state index in [1.54, 1.807) is 26.4 Å². The fourth-order valence-electron chi connectivity index (χ4n) is 3.31. The van der Waals surface area contributed by atoms with Crippen LogP contribution in [0.4, 0.5) is 0 Å². The van der Waals surface area contributed by atoms with E-state index in [4.69, 9.17) is 13.9 Å². The summed E-state index contributed by atoms with van der Waals surface area (Å²) >= 11 is 1.27. The van der Waals surface area contributed by atoms with Crippen molar-refractivity contribution in [1.29, 1.82) is 0 Å². The average molecular weight is 391 g/mol. The second-order valence-electron chi connectivity index (χ2n) is 6.37. The van der Waals surface area contributed by atoms with Crippen LogP contribution >= 0.6 is 11.8 Å². The summed E-state index contributed by atoms with van der Waals surface area (Å²) in [5, 5.41) is 8.52. The first kappa shape index (κ1) is 19.5. The van der Waals surface area contributed by atoms with Gasteiger partial charge in [0.2, 0.25) is 5.91 Å². The molecule has 7 nitrogen and oxygen atoms in total. The minimum Gasteiger partial charge on any atom is -0.497 e. The number of aromatic nitrogens is 2. The third-order valence-electron chi connectivity index (χ3n) is 4.78. The van der Waals surface area contributed by atoms with E-state index >= 15 is 0 Å². The van der Waals surface area contributed by atoms with E-state index in [-0.39, 0.29) is 5.91 Å². The first-order valence-electron chi connectivity index (χ1n) is 9.14. The highest BCUT2D eigenvalue weighted by molar-refractivity contribution is 7.99. The van der Waals surface area contributed by atoms with Crippen molar-refractivity contribution in [1.82, 2.24) is 15.1 Å². The summed E-state index contributed by atoms with van der Waals surface area (Å²) in [4.78, 5) is 14.6. The molecule has 0 spiro atoms. The van der Waals surface area contributed by atoms with Gasteiger partial charge in [-0.3, -0.25) is 4.79 Å². The van der Waals surface area contributed by atoms with Gasteiger partial charge in [-0.2, -0.15) is 0 Å². The van der Waals surface area contributed by atoms with Crippen molar-refractivity contribution in [3.63, 3.8) is 0 Å². The summed E-state index contributed by atoms with van der Waals surface area (Å²) in [5.74, 6) is 2.06. The first-order valence-corrected chi connectivity index (χ1v) is 10.1. The summed E-state index contributed by atoms with van der Waals surface area (Å²) in [6, 6.07) is 5.73. The lowest BCUT2D eigenvalue weighted by Gasteiger charge is -2.35. The van der Waals surface area contributed by atoms with Crippen LogP contribution in [0.3, 0.4) is 0 Å². The van der Waals surface area contributed by atoms with Crippen LogP contribution in [0.25, 0.3) is 11.5 Å². The summed E-state index contributed by atoms with van der Waals surface area (Å²) in [7, 11) is 3.17. The number of amides is 1. The lowest BCUT2D eigenvalue weighted by atomic mass is 10.0. The third-order valence-corrected chi connectivity index (χ3v) is 5.59. The van der Waals surface area contributed by atoms with E-state index in [1.165, 1.54) is 18.2 Å². The molecule has 1 aromatic heterocycles. The Hall–Kier alpha value is -2.22. The Morgan fingerprint density at radius 3 is 2.89 bits per heavy atom. The van der Waals surface area contributed by atoms with Crippen LogP contribution in [0, 0.1) is 0 Å². The summed E-state index contributed by atoms with van der Waals surface area (Å²) in [6.45, 7) is 2.98. The predicted molar refractivity (Wildman–Crippen MR) is 103 cm³/mol. The molecule has 1 fully saturated rings. The fraction of sp³-hybridized carbons (Fsp3) is 0.526. The van der Waals surface area contributed by atoms with Crippen molar-refractivity contribution in [3.05, 3.63) is 18.2 Å². The standard InChI is InChI=1S/C19H25N3O4S/c1-4-13-7-5-6-10-22(13)17(23)12-27-19-21-20-18(26-19)15-9-8-14(24-2)11-16(15)25-3/h8-9,11,13H,4-7,10,12H2,1-3H3. The highest BCUT2D eigenvalue weighted by atomic mass is 32.2. The molecule has 8 heteroatoms. The molecule has 2 heterocycles. The molecule has 0 aliphatic carbocycles. The number of rotatable bonds is 7. The smallest absolute Gasteiger partial charge is 0.277 e. The van der Waals surface area contributed by atoms with Crippen LogP contribution in [0.15, 0.2) is 27.8 Å². The Bertz CT molecular complexity index is 780. The number of carbonyl (C=O) groups is 1. The van der Waals surface area contributed by atoms with E-state index < -0.39 is 0 Å². The number of hydrogen-bond donors (Lipinski definition) is 0. The van der Waals surface area contributed by atoms with Gasteiger partial charge in [0.25, 0.3) is 11.1 Å². The maximum Gasteiger partial charge on any atom is 0.277 e. The molecule has 1 aromatic carbocycles. The van der Waals surface area contributed by atoms with Gasteiger partial charge in [0.15, 0.2) is 0 Å². The quantitative estimate of drug-likeness (QED) is 0.667. The molecule has 2 aromatic rings. The van der Waals surface area contributed by atoms with Gasteiger partial charge in [0.1, 0.15) is 11.5 Å². The normalized spacial score (nSPS) is 17.0. The average Bonchev–Trinajstić information content (AvgIpc) is 3.20. The van der Waals surface area contributed by atoms with Gasteiger partial charge in [0, 0.05) is 18.7 Å². The zero-order valence-electron chi connectivity index (χ0n) is 15.9. The largest absolute Gasteiger partial charge is 0.497 e. The highest BCUT2D eigenvalue weighted by Gasteiger charge is 2.25. The van der Waals surface area contributed by atoms with Crippen molar-refractivity contribution in [2.75, 3.05) is 26.5 Å². The number of methoxy groups -OCH3 is 2. The van der Waals surface area contributed by atoms with Crippen molar-refractivity contribution in [3.8, 4) is 23.0 Å². The third kappa shape index (κ3) is 4.55. The number of benzene rings is 1. The number of thioether (sulfide) groups is 1. The van der Waals surface area contributed by atoms with E-state index in [1.807, 2.05) is 11.0 Å². The second-order valence-corrected chi connectivity index (χ2v) is 7.30. The molecule has 3 rings (SSSR count).